The van der Waals surface area contributed by atoms with Gasteiger partial charge in [-0.05, 0) is 25.1 Å². The molecule has 0 fully saturated rings. The van der Waals surface area contributed by atoms with E-state index in [0.717, 1.165) is 17.1 Å². The summed E-state index contributed by atoms with van der Waals surface area (Å²) < 4.78 is 10.7. The Balaban J connectivity index is 1.97. The molecule has 0 saturated heterocycles. The van der Waals surface area contributed by atoms with Crippen LogP contribution in [0.5, 0.6) is 5.75 Å². The number of hydrogen-bond acceptors (Lipinski definition) is 4. The van der Waals surface area contributed by atoms with Crippen LogP contribution in [0.4, 0.5) is 0 Å². The van der Waals surface area contributed by atoms with E-state index in [1.54, 1.807) is 6.26 Å². The topological polar surface area (TPSA) is 58.2 Å². The lowest BCUT2D eigenvalue weighted by molar-refractivity contribution is 0.360. The van der Waals surface area contributed by atoms with E-state index in [1.807, 2.05) is 49.4 Å². The van der Waals surface area contributed by atoms with Crippen molar-refractivity contribution in [1.82, 2.24) is 5.32 Å². The van der Waals surface area contributed by atoms with Crippen molar-refractivity contribution in [2.75, 3.05) is 6.61 Å². The predicted molar refractivity (Wildman–Crippen MR) is 71.5 cm³/mol. The van der Waals surface area contributed by atoms with Gasteiger partial charge in [0.15, 0.2) is 6.61 Å². The molecule has 4 heteroatoms. The minimum atomic E-state index is 0.0603. The molecule has 0 spiro atoms. The second kappa shape index (κ2) is 6.62. The van der Waals surface area contributed by atoms with E-state index >= 15 is 0 Å². The average Bonchev–Trinajstić information content (AvgIpc) is 2.97. The van der Waals surface area contributed by atoms with Gasteiger partial charge in [-0.15, -0.1) is 0 Å². The van der Waals surface area contributed by atoms with Crippen LogP contribution in [0.2, 0.25) is 0 Å². The van der Waals surface area contributed by atoms with Crippen LogP contribution < -0.4 is 10.1 Å². The molecule has 0 aliphatic rings. The molecule has 19 heavy (non-hydrogen) atoms. The summed E-state index contributed by atoms with van der Waals surface area (Å²) in [7, 11) is 0. The standard InChI is InChI=1S/C15H16N2O2/c1-12(14-7-4-9-18-14)17-11-13-5-2-3-6-15(13)19-10-8-16/h2-7,9,12,17H,10-11H2,1H3/t12-/m1/s1. The largest absolute Gasteiger partial charge is 0.478 e. The Hall–Kier alpha value is -2.25. The third-order valence-corrected chi connectivity index (χ3v) is 2.83. The molecule has 0 unspecified atom stereocenters. The molecule has 0 saturated carbocycles. The lowest BCUT2D eigenvalue weighted by atomic mass is 10.2. The Bertz CT molecular complexity index is 544. The van der Waals surface area contributed by atoms with Crippen LogP contribution >= 0.6 is 0 Å². The summed E-state index contributed by atoms with van der Waals surface area (Å²) in [5.74, 6) is 1.64. The molecule has 0 amide bonds. The highest BCUT2D eigenvalue weighted by molar-refractivity contribution is 5.33. The van der Waals surface area contributed by atoms with Gasteiger partial charge in [0.1, 0.15) is 17.6 Å². The molecule has 1 aromatic carbocycles. The Morgan fingerprint density at radius 2 is 2.16 bits per heavy atom. The Morgan fingerprint density at radius 3 is 2.89 bits per heavy atom. The first-order valence-electron chi connectivity index (χ1n) is 6.15. The Kier molecular flexibility index (Phi) is 4.60. The van der Waals surface area contributed by atoms with Crippen LogP contribution in [0.25, 0.3) is 0 Å². The number of benzene rings is 1. The molecule has 4 nitrogen and oxygen atoms in total. The van der Waals surface area contributed by atoms with Gasteiger partial charge < -0.3 is 14.5 Å². The summed E-state index contributed by atoms with van der Waals surface area (Å²) >= 11 is 0. The van der Waals surface area contributed by atoms with Gasteiger partial charge in [0.25, 0.3) is 0 Å². The second-order valence-corrected chi connectivity index (χ2v) is 4.17. The minimum absolute atomic E-state index is 0.0603. The van der Waals surface area contributed by atoms with E-state index in [-0.39, 0.29) is 12.6 Å². The number of nitrogens with one attached hydrogen (secondary N) is 1. The van der Waals surface area contributed by atoms with Gasteiger partial charge in [0.05, 0.1) is 12.3 Å². The van der Waals surface area contributed by atoms with Crippen LogP contribution in [0.1, 0.15) is 24.3 Å². The van der Waals surface area contributed by atoms with E-state index in [4.69, 9.17) is 14.4 Å². The van der Waals surface area contributed by atoms with Crippen LogP contribution in [0.15, 0.2) is 47.1 Å². The zero-order chi connectivity index (χ0) is 13.5. The van der Waals surface area contributed by atoms with Crippen LogP contribution in [0.3, 0.4) is 0 Å². The second-order valence-electron chi connectivity index (χ2n) is 4.17. The maximum Gasteiger partial charge on any atom is 0.174 e. The maximum absolute atomic E-state index is 8.56. The third kappa shape index (κ3) is 3.60. The van der Waals surface area contributed by atoms with Crippen molar-refractivity contribution < 1.29 is 9.15 Å². The van der Waals surface area contributed by atoms with Gasteiger partial charge in [-0.2, -0.15) is 5.26 Å². The van der Waals surface area contributed by atoms with Crippen molar-refractivity contribution in [2.24, 2.45) is 0 Å². The van der Waals surface area contributed by atoms with Gasteiger partial charge in [0, 0.05) is 12.1 Å². The summed E-state index contributed by atoms with van der Waals surface area (Å²) in [5, 5.41) is 11.9. The number of ether oxygens (including phenoxy) is 1. The Morgan fingerprint density at radius 1 is 1.32 bits per heavy atom. The number of furan rings is 1. The summed E-state index contributed by atoms with van der Waals surface area (Å²) in [4.78, 5) is 0. The summed E-state index contributed by atoms with van der Waals surface area (Å²) in [6, 6.07) is 13.6. The van der Waals surface area contributed by atoms with E-state index in [1.165, 1.54) is 0 Å². The first kappa shape index (κ1) is 13.2. The fourth-order valence-electron chi connectivity index (χ4n) is 1.80. The molecule has 0 aliphatic heterocycles. The summed E-state index contributed by atoms with van der Waals surface area (Å²) in [6.07, 6.45) is 1.66. The quantitative estimate of drug-likeness (QED) is 0.863. The molecule has 2 aromatic rings. The highest BCUT2D eigenvalue weighted by atomic mass is 16.5. The minimum Gasteiger partial charge on any atom is -0.478 e. The van der Waals surface area contributed by atoms with Crippen LogP contribution in [-0.2, 0) is 6.54 Å². The molecule has 0 aliphatic carbocycles. The van der Waals surface area contributed by atoms with E-state index in [2.05, 4.69) is 5.32 Å². The molecule has 1 heterocycles. The molecular formula is C15H16N2O2. The van der Waals surface area contributed by atoms with Crippen LogP contribution in [-0.4, -0.2) is 6.61 Å². The molecule has 2 rings (SSSR count). The zero-order valence-corrected chi connectivity index (χ0v) is 10.8. The summed E-state index contributed by atoms with van der Waals surface area (Å²) in [6.45, 7) is 2.76. The Labute approximate surface area is 112 Å². The van der Waals surface area contributed by atoms with Gasteiger partial charge in [-0.25, -0.2) is 0 Å². The van der Waals surface area contributed by atoms with Crippen molar-refractivity contribution in [3.8, 4) is 11.8 Å². The molecule has 1 atom stereocenters. The SMILES string of the molecule is C[C@@H](NCc1ccccc1OCC#N)c1ccco1. The molecule has 0 bridgehead atoms. The number of nitriles is 1. The highest BCUT2D eigenvalue weighted by Gasteiger charge is 2.09. The zero-order valence-electron chi connectivity index (χ0n) is 10.8. The molecule has 98 valence electrons. The van der Waals surface area contributed by atoms with E-state index < -0.39 is 0 Å². The third-order valence-electron chi connectivity index (χ3n) is 2.83. The monoisotopic (exact) mass is 256 g/mol. The van der Waals surface area contributed by atoms with Gasteiger partial charge in [-0.1, -0.05) is 18.2 Å². The molecule has 1 aromatic heterocycles. The smallest absolute Gasteiger partial charge is 0.174 e. The normalized spacial score (nSPS) is 11.8. The van der Waals surface area contributed by atoms with Crippen molar-refractivity contribution in [3.63, 3.8) is 0 Å². The van der Waals surface area contributed by atoms with Crippen molar-refractivity contribution in [3.05, 3.63) is 54.0 Å². The lowest BCUT2D eigenvalue weighted by Crippen LogP contribution is -2.18. The van der Waals surface area contributed by atoms with E-state index in [9.17, 15) is 0 Å². The van der Waals surface area contributed by atoms with E-state index in [0.29, 0.717) is 6.54 Å². The van der Waals surface area contributed by atoms with Gasteiger partial charge in [0.2, 0.25) is 0 Å². The van der Waals surface area contributed by atoms with Gasteiger partial charge in [-0.3, -0.25) is 0 Å². The van der Waals surface area contributed by atoms with Crippen molar-refractivity contribution in [1.29, 1.82) is 5.26 Å². The maximum atomic E-state index is 8.56. The number of hydrogen-bond donors (Lipinski definition) is 1. The highest BCUT2D eigenvalue weighted by Crippen LogP contribution is 2.19. The summed E-state index contributed by atoms with van der Waals surface area (Å²) in [5.41, 5.74) is 1.02. The number of nitrogens with zero attached hydrogens (tertiary/aromatic N) is 1. The van der Waals surface area contributed by atoms with Crippen molar-refractivity contribution >= 4 is 0 Å². The molecule has 0 radical (unpaired) electrons. The van der Waals surface area contributed by atoms with Gasteiger partial charge >= 0.3 is 0 Å². The first-order valence-corrected chi connectivity index (χ1v) is 6.15. The lowest BCUT2D eigenvalue weighted by Gasteiger charge is -2.13. The number of para-hydroxylation sites is 1. The average molecular weight is 256 g/mol. The first-order chi connectivity index (χ1) is 9.31. The molecular weight excluding hydrogens is 240 g/mol. The van der Waals surface area contributed by atoms with Crippen molar-refractivity contribution in [2.45, 2.75) is 19.5 Å². The fraction of sp³-hybridized carbons (Fsp3) is 0.267. The van der Waals surface area contributed by atoms with Crippen LogP contribution in [0, 0.1) is 11.3 Å². The molecule has 1 N–H and O–H groups in total. The number of rotatable bonds is 6. The fourth-order valence-corrected chi connectivity index (χ4v) is 1.80. The predicted octanol–water partition coefficient (Wildman–Crippen LogP) is 3.03.